The van der Waals surface area contributed by atoms with Gasteiger partial charge in [0.1, 0.15) is 0 Å². The van der Waals surface area contributed by atoms with Crippen LogP contribution in [0.15, 0.2) is 39.0 Å². The lowest BCUT2D eigenvalue weighted by atomic mass is 10.2. The van der Waals surface area contributed by atoms with E-state index in [1.54, 1.807) is 24.3 Å². The van der Waals surface area contributed by atoms with Gasteiger partial charge >= 0.3 is 5.69 Å². The molecular weight excluding hydrogens is 434 g/mol. The van der Waals surface area contributed by atoms with Crippen LogP contribution in [0.25, 0.3) is 11.2 Å². The molecule has 12 heteroatoms. The van der Waals surface area contributed by atoms with E-state index in [2.05, 4.69) is 10.3 Å². The minimum atomic E-state index is -4.00. The van der Waals surface area contributed by atoms with Gasteiger partial charge in [-0.1, -0.05) is 29.8 Å². The van der Waals surface area contributed by atoms with Crippen LogP contribution < -0.4 is 16.6 Å². The Morgan fingerprint density at radius 2 is 1.77 bits per heavy atom. The van der Waals surface area contributed by atoms with Crippen molar-refractivity contribution in [1.29, 1.82) is 0 Å². The van der Waals surface area contributed by atoms with Crippen LogP contribution in [0.3, 0.4) is 0 Å². The molecule has 0 saturated carbocycles. The Morgan fingerprint density at radius 3 is 2.43 bits per heavy atom. The van der Waals surface area contributed by atoms with E-state index < -0.39 is 32.7 Å². The second-order valence-electron chi connectivity index (χ2n) is 6.77. The number of amides is 1. The maximum Gasteiger partial charge on any atom is 0.332 e. The van der Waals surface area contributed by atoms with Gasteiger partial charge in [0.05, 0.1) is 5.75 Å². The van der Waals surface area contributed by atoms with Gasteiger partial charge < -0.3 is 9.88 Å². The maximum absolute atomic E-state index is 12.8. The van der Waals surface area contributed by atoms with Crippen molar-refractivity contribution in [2.45, 2.75) is 18.1 Å². The summed E-state index contributed by atoms with van der Waals surface area (Å²) in [7, 11) is 0.114. The van der Waals surface area contributed by atoms with Crippen molar-refractivity contribution in [2.24, 2.45) is 21.1 Å². The number of sulfone groups is 1. The minimum Gasteiger partial charge on any atom is -0.352 e. The molecule has 3 aromatic rings. The number of fused-ring (bicyclic) bond motifs is 1. The first-order valence-corrected chi connectivity index (χ1v) is 10.9. The topological polar surface area (TPSA) is 125 Å². The normalized spacial score (nSPS) is 11.7. The first kappa shape index (κ1) is 21.8. The first-order valence-electron chi connectivity index (χ1n) is 8.90. The van der Waals surface area contributed by atoms with Gasteiger partial charge in [0.25, 0.3) is 5.56 Å². The van der Waals surface area contributed by atoms with Crippen LogP contribution in [0.2, 0.25) is 5.02 Å². The predicted octanol–water partition coefficient (Wildman–Crippen LogP) is 0.104. The number of halogens is 1. The molecule has 0 aliphatic heterocycles. The molecule has 0 spiro atoms. The van der Waals surface area contributed by atoms with Gasteiger partial charge in [-0.05, 0) is 11.6 Å². The van der Waals surface area contributed by atoms with Crippen molar-refractivity contribution in [2.75, 3.05) is 5.75 Å². The van der Waals surface area contributed by atoms with Crippen molar-refractivity contribution in [3.05, 3.63) is 55.7 Å². The van der Waals surface area contributed by atoms with Gasteiger partial charge in [-0.3, -0.25) is 18.7 Å². The number of rotatable bonds is 6. The van der Waals surface area contributed by atoms with Crippen molar-refractivity contribution >= 4 is 38.5 Å². The molecular formula is C18H20ClN5O5S. The van der Waals surface area contributed by atoms with Crippen molar-refractivity contribution < 1.29 is 13.2 Å². The lowest BCUT2D eigenvalue weighted by molar-refractivity contribution is -0.120. The van der Waals surface area contributed by atoms with Gasteiger partial charge in [0.2, 0.25) is 20.9 Å². The van der Waals surface area contributed by atoms with Crippen LogP contribution in [0.4, 0.5) is 0 Å². The monoisotopic (exact) mass is 453 g/mol. The van der Waals surface area contributed by atoms with E-state index in [4.69, 9.17) is 11.6 Å². The second kappa shape index (κ2) is 8.07. The third-order valence-corrected chi connectivity index (χ3v) is 6.76. The van der Waals surface area contributed by atoms with E-state index in [9.17, 15) is 22.8 Å². The molecule has 1 amide bonds. The third kappa shape index (κ3) is 3.90. The SMILES string of the molecule is Cn1c(=O)c2nc(S(=O)(=O)CCC(=O)NCc3ccccc3Cl)n(C)c2n(C)c1=O. The van der Waals surface area contributed by atoms with Crippen molar-refractivity contribution in [1.82, 2.24) is 24.0 Å². The highest BCUT2D eigenvalue weighted by atomic mass is 35.5. The van der Waals surface area contributed by atoms with Crippen LogP contribution in [-0.2, 0) is 42.3 Å². The Kier molecular flexibility index (Phi) is 5.86. The fourth-order valence-electron chi connectivity index (χ4n) is 3.08. The van der Waals surface area contributed by atoms with Gasteiger partial charge in [0, 0.05) is 39.1 Å². The number of aryl methyl sites for hydroxylation is 2. The molecule has 160 valence electrons. The Bertz CT molecular complexity index is 1370. The average Bonchev–Trinajstić information content (AvgIpc) is 3.07. The summed E-state index contributed by atoms with van der Waals surface area (Å²) >= 11 is 6.03. The summed E-state index contributed by atoms with van der Waals surface area (Å²) in [5.74, 6) is -0.979. The fraction of sp³-hybridized carbons (Fsp3) is 0.333. The van der Waals surface area contributed by atoms with Gasteiger partial charge in [-0.2, -0.15) is 0 Å². The van der Waals surface area contributed by atoms with Crippen molar-refractivity contribution in [3.63, 3.8) is 0 Å². The number of benzene rings is 1. The smallest absolute Gasteiger partial charge is 0.332 e. The highest BCUT2D eigenvalue weighted by Crippen LogP contribution is 2.17. The molecule has 0 saturated heterocycles. The molecule has 0 fully saturated rings. The summed E-state index contributed by atoms with van der Waals surface area (Å²) in [6.45, 7) is 0.170. The molecule has 10 nitrogen and oxygen atoms in total. The molecule has 0 unspecified atom stereocenters. The number of imidazole rings is 1. The summed E-state index contributed by atoms with van der Waals surface area (Å²) < 4.78 is 28.7. The average molecular weight is 454 g/mol. The predicted molar refractivity (Wildman–Crippen MR) is 111 cm³/mol. The summed E-state index contributed by atoms with van der Waals surface area (Å²) in [5, 5.41) is 2.74. The van der Waals surface area contributed by atoms with E-state index in [0.29, 0.717) is 10.6 Å². The number of nitrogens with zero attached hydrogens (tertiary/aromatic N) is 4. The zero-order chi connectivity index (χ0) is 22.2. The number of carbonyl (C=O) groups excluding carboxylic acids is 1. The van der Waals surface area contributed by atoms with E-state index in [-0.39, 0.29) is 29.3 Å². The minimum absolute atomic E-state index is 0.0878. The second-order valence-corrected chi connectivity index (χ2v) is 9.18. The highest BCUT2D eigenvalue weighted by molar-refractivity contribution is 7.91. The Hall–Kier alpha value is -2.92. The van der Waals surface area contributed by atoms with Crippen LogP contribution in [0.1, 0.15) is 12.0 Å². The molecule has 1 N–H and O–H groups in total. The Balaban J connectivity index is 1.81. The fourth-order valence-corrected chi connectivity index (χ4v) is 4.65. The summed E-state index contributed by atoms with van der Waals surface area (Å²) in [5.41, 5.74) is -0.628. The molecule has 0 aliphatic rings. The van der Waals surface area contributed by atoms with Gasteiger partial charge in [-0.25, -0.2) is 18.2 Å². The van der Waals surface area contributed by atoms with E-state index >= 15 is 0 Å². The maximum atomic E-state index is 12.8. The number of hydrogen-bond donors (Lipinski definition) is 1. The van der Waals surface area contributed by atoms with Crippen molar-refractivity contribution in [3.8, 4) is 0 Å². The largest absolute Gasteiger partial charge is 0.352 e. The summed E-state index contributed by atoms with van der Waals surface area (Å²) in [6.07, 6.45) is -0.299. The molecule has 0 radical (unpaired) electrons. The van der Waals surface area contributed by atoms with Crippen LogP contribution in [-0.4, -0.2) is 38.8 Å². The summed E-state index contributed by atoms with van der Waals surface area (Å²) in [6, 6.07) is 6.99. The zero-order valence-electron chi connectivity index (χ0n) is 16.5. The number of carbonyl (C=O) groups is 1. The summed E-state index contributed by atoms with van der Waals surface area (Å²) in [4.78, 5) is 40.5. The molecule has 2 aromatic heterocycles. The van der Waals surface area contributed by atoms with Crippen LogP contribution in [0.5, 0.6) is 0 Å². The van der Waals surface area contributed by atoms with Gasteiger partial charge in [-0.15, -0.1) is 0 Å². The number of aromatic nitrogens is 4. The molecule has 1 aromatic carbocycles. The molecule has 0 atom stereocenters. The number of hydrogen-bond acceptors (Lipinski definition) is 6. The zero-order valence-corrected chi connectivity index (χ0v) is 18.1. The molecule has 3 rings (SSSR count). The van der Waals surface area contributed by atoms with Crippen LogP contribution in [0, 0.1) is 0 Å². The van der Waals surface area contributed by atoms with Gasteiger partial charge in [0.15, 0.2) is 11.2 Å². The van der Waals surface area contributed by atoms with E-state index in [0.717, 1.165) is 9.13 Å². The van der Waals surface area contributed by atoms with E-state index in [1.807, 2.05) is 0 Å². The standard InChI is InChI=1S/C18H20ClN5O5S/c1-22-15-14(16(26)24(3)18(27)23(15)2)21-17(22)30(28,29)9-8-13(25)20-10-11-6-4-5-7-12(11)19/h4-7H,8-10H2,1-3H3,(H,20,25). The molecule has 0 bridgehead atoms. The molecule has 2 heterocycles. The lowest BCUT2D eigenvalue weighted by Crippen LogP contribution is -2.37. The highest BCUT2D eigenvalue weighted by Gasteiger charge is 2.26. The quantitative estimate of drug-likeness (QED) is 0.564. The molecule has 30 heavy (non-hydrogen) atoms. The lowest BCUT2D eigenvalue weighted by Gasteiger charge is -2.08. The third-order valence-electron chi connectivity index (χ3n) is 4.73. The van der Waals surface area contributed by atoms with E-state index in [1.165, 1.54) is 25.7 Å². The first-order chi connectivity index (χ1) is 14.0. The molecule has 0 aliphatic carbocycles. The number of nitrogens with one attached hydrogen (secondary N) is 1. The Labute approximate surface area is 176 Å². The van der Waals surface area contributed by atoms with Crippen LogP contribution >= 0.6 is 11.6 Å². The Morgan fingerprint density at radius 1 is 1.10 bits per heavy atom.